The van der Waals surface area contributed by atoms with Gasteiger partial charge in [0.2, 0.25) is 0 Å². The number of thioether (sulfide) groups is 1. The molecule has 1 unspecified atom stereocenters. The highest BCUT2D eigenvalue weighted by atomic mass is 32.2. The molecule has 1 aliphatic rings. The Kier molecular flexibility index (Phi) is 4.56. The molecule has 1 atom stereocenters. The Morgan fingerprint density at radius 3 is 2.54 bits per heavy atom. The Morgan fingerprint density at radius 2 is 2.08 bits per heavy atom. The quantitative estimate of drug-likeness (QED) is 0.730. The Morgan fingerprint density at radius 1 is 1.46 bits per heavy atom. The highest BCUT2D eigenvalue weighted by Crippen LogP contribution is 2.40. The smallest absolute Gasteiger partial charge is 0.0436 e. The van der Waals surface area contributed by atoms with E-state index in [0.717, 1.165) is 12.8 Å². The Bertz CT molecular complexity index is 140. The molecule has 0 radical (unpaired) electrons. The van der Waals surface area contributed by atoms with Crippen LogP contribution < -0.4 is 5.73 Å². The molecule has 0 aromatic rings. The summed E-state index contributed by atoms with van der Waals surface area (Å²) in [4.78, 5) is 0. The van der Waals surface area contributed by atoms with Crippen LogP contribution in [-0.4, -0.2) is 29.3 Å². The minimum absolute atomic E-state index is 0.245. The van der Waals surface area contributed by atoms with Crippen molar-refractivity contribution in [2.75, 3.05) is 18.1 Å². The van der Waals surface area contributed by atoms with Gasteiger partial charge < -0.3 is 10.8 Å². The second-order valence-electron chi connectivity index (χ2n) is 3.96. The van der Waals surface area contributed by atoms with Crippen molar-refractivity contribution >= 4 is 11.8 Å². The fourth-order valence-electron chi connectivity index (χ4n) is 2.24. The second kappa shape index (κ2) is 5.23. The van der Waals surface area contributed by atoms with Gasteiger partial charge in [0.15, 0.2) is 0 Å². The molecule has 0 amide bonds. The van der Waals surface area contributed by atoms with Crippen molar-refractivity contribution in [3.05, 3.63) is 0 Å². The molecule has 1 saturated heterocycles. The van der Waals surface area contributed by atoms with E-state index in [1.54, 1.807) is 0 Å². The molecule has 0 bridgehead atoms. The minimum Gasteiger partial charge on any atom is -0.396 e. The lowest BCUT2D eigenvalue weighted by Crippen LogP contribution is -2.44. The molecule has 0 saturated carbocycles. The fraction of sp³-hybridized carbons (Fsp3) is 1.00. The number of aliphatic hydroxyl groups is 1. The van der Waals surface area contributed by atoms with Crippen LogP contribution in [0.15, 0.2) is 0 Å². The van der Waals surface area contributed by atoms with Crippen LogP contribution in [0.25, 0.3) is 0 Å². The maximum atomic E-state index is 9.07. The number of hydrogen-bond acceptors (Lipinski definition) is 3. The number of nitrogens with two attached hydrogens (primary N) is 1. The third-order valence-corrected chi connectivity index (χ3v) is 4.31. The van der Waals surface area contributed by atoms with Gasteiger partial charge in [-0.25, -0.2) is 0 Å². The molecule has 1 heterocycles. The van der Waals surface area contributed by atoms with E-state index in [9.17, 15) is 0 Å². The van der Waals surface area contributed by atoms with Crippen molar-refractivity contribution in [3.63, 3.8) is 0 Å². The lowest BCUT2D eigenvalue weighted by Gasteiger charge is -2.41. The highest BCUT2D eigenvalue weighted by molar-refractivity contribution is 7.99. The Balaban J connectivity index is 2.60. The normalized spacial score (nSPS) is 24.2. The minimum atomic E-state index is 0.245. The molecule has 3 heteroatoms. The number of rotatable bonds is 4. The zero-order chi connectivity index (χ0) is 9.73. The summed E-state index contributed by atoms with van der Waals surface area (Å²) in [6, 6.07) is 0.278. The molecule has 3 N–H and O–H groups in total. The first-order valence-electron chi connectivity index (χ1n) is 5.19. The van der Waals surface area contributed by atoms with Crippen LogP contribution in [-0.2, 0) is 0 Å². The average molecular weight is 203 g/mol. The molecule has 0 spiro atoms. The van der Waals surface area contributed by atoms with Crippen LogP contribution in [0.2, 0.25) is 0 Å². The summed E-state index contributed by atoms with van der Waals surface area (Å²) in [6.07, 6.45) is 4.30. The van der Waals surface area contributed by atoms with Gasteiger partial charge in [-0.15, -0.1) is 0 Å². The molecule has 0 aliphatic carbocycles. The van der Waals surface area contributed by atoms with E-state index in [1.807, 2.05) is 11.8 Å². The van der Waals surface area contributed by atoms with Crippen molar-refractivity contribution in [1.82, 2.24) is 0 Å². The maximum absolute atomic E-state index is 9.07. The molecule has 2 nitrogen and oxygen atoms in total. The van der Waals surface area contributed by atoms with Gasteiger partial charge >= 0.3 is 0 Å². The lowest BCUT2D eigenvalue weighted by atomic mass is 9.72. The first-order chi connectivity index (χ1) is 6.25. The summed E-state index contributed by atoms with van der Waals surface area (Å²) in [6.45, 7) is 2.43. The molecular weight excluding hydrogens is 182 g/mol. The van der Waals surface area contributed by atoms with Crippen LogP contribution >= 0.6 is 11.8 Å². The maximum Gasteiger partial charge on any atom is 0.0436 e. The zero-order valence-electron chi connectivity index (χ0n) is 8.46. The molecule has 0 aromatic carbocycles. The van der Waals surface area contributed by atoms with E-state index in [0.29, 0.717) is 6.61 Å². The Labute approximate surface area is 85.3 Å². The lowest BCUT2D eigenvalue weighted by molar-refractivity contribution is 0.132. The van der Waals surface area contributed by atoms with Gasteiger partial charge in [0.05, 0.1) is 0 Å². The van der Waals surface area contributed by atoms with Crippen molar-refractivity contribution in [2.45, 2.75) is 38.6 Å². The van der Waals surface area contributed by atoms with Crippen LogP contribution in [0, 0.1) is 5.41 Å². The monoisotopic (exact) mass is 203 g/mol. The molecule has 1 aliphatic heterocycles. The molecule has 1 fully saturated rings. The first-order valence-corrected chi connectivity index (χ1v) is 6.35. The summed E-state index contributed by atoms with van der Waals surface area (Å²) in [5.74, 6) is 2.43. The summed E-state index contributed by atoms with van der Waals surface area (Å²) in [5, 5.41) is 9.07. The van der Waals surface area contributed by atoms with Gasteiger partial charge in [0.25, 0.3) is 0 Å². The first kappa shape index (κ1) is 11.3. The predicted molar refractivity (Wildman–Crippen MR) is 59.0 cm³/mol. The van der Waals surface area contributed by atoms with E-state index in [-0.39, 0.29) is 11.5 Å². The summed E-state index contributed by atoms with van der Waals surface area (Å²) in [5.41, 5.74) is 6.39. The van der Waals surface area contributed by atoms with Gasteiger partial charge in [0, 0.05) is 12.6 Å². The van der Waals surface area contributed by atoms with Crippen LogP contribution in [0.4, 0.5) is 0 Å². The number of aliphatic hydroxyl groups excluding tert-OH is 1. The van der Waals surface area contributed by atoms with Gasteiger partial charge in [-0.1, -0.05) is 6.92 Å². The van der Waals surface area contributed by atoms with Crippen molar-refractivity contribution in [2.24, 2.45) is 11.1 Å². The van der Waals surface area contributed by atoms with Gasteiger partial charge in [-0.2, -0.15) is 11.8 Å². The topological polar surface area (TPSA) is 46.2 Å². The van der Waals surface area contributed by atoms with E-state index < -0.39 is 0 Å². The van der Waals surface area contributed by atoms with Crippen LogP contribution in [0.3, 0.4) is 0 Å². The predicted octanol–water partition coefficient (Wildman–Crippen LogP) is 1.62. The zero-order valence-corrected chi connectivity index (χ0v) is 9.28. The second-order valence-corrected chi connectivity index (χ2v) is 5.19. The SMILES string of the molecule is CCC(N)C1(CCO)CCSCC1. The standard InChI is InChI=1S/C10H21NOS/c1-2-9(11)10(3-6-12)4-7-13-8-5-10/h9,12H,2-8,11H2,1H3. The van der Waals surface area contributed by atoms with Crippen molar-refractivity contribution in [3.8, 4) is 0 Å². The third-order valence-electron chi connectivity index (χ3n) is 3.32. The van der Waals surface area contributed by atoms with Gasteiger partial charge in [0.1, 0.15) is 0 Å². The third kappa shape index (κ3) is 2.61. The summed E-state index contributed by atoms with van der Waals surface area (Å²) in [7, 11) is 0. The molecule has 1 rings (SSSR count). The summed E-state index contributed by atoms with van der Waals surface area (Å²) >= 11 is 2.01. The van der Waals surface area contributed by atoms with Gasteiger partial charge in [-0.05, 0) is 42.6 Å². The highest BCUT2D eigenvalue weighted by Gasteiger charge is 2.36. The Hall–Kier alpha value is 0.270. The van der Waals surface area contributed by atoms with E-state index >= 15 is 0 Å². The van der Waals surface area contributed by atoms with Gasteiger partial charge in [-0.3, -0.25) is 0 Å². The van der Waals surface area contributed by atoms with E-state index in [1.165, 1.54) is 24.3 Å². The van der Waals surface area contributed by atoms with Crippen molar-refractivity contribution < 1.29 is 5.11 Å². The van der Waals surface area contributed by atoms with Crippen molar-refractivity contribution in [1.29, 1.82) is 0 Å². The molecule has 13 heavy (non-hydrogen) atoms. The molecular formula is C10H21NOS. The van der Waals surface area contributed by atoms with Crippen LogP contribution in [0.5, 0.6) is 0 Å². The fourth-order valence-corrected chi connectivity index (χ4v) is 3.55. The number of hydrogen-bond donors (Lipinski definition) is 2. The molecule has 78 valence electrons. The van der Waals surface area contributed by atoms with E-state index in [4.69, 9.17) is 10.8 Å². The van der Waals surface area contributed by atoms with Crippen LogP contribution in [0.1, 0.15) is 32.6 Å². The summed E-state index contributed by atoms with van der Waals surface area (Å²) < 4.78 is 0. The van der Waals surface area contributed by atoms with E-state index in [2.05, 4.69) is 6.92 Å². The molecule has 0 aromatic heterocycles. The average Bonchev–Trinajstić information content (AvgIpc) is 2.18. The largest absolute Gasteiger partial charge is 0.396 e.